The first-order chi connectivity index (χ1) is 7.31. The zero-order valence-electron chi connectivity index (χ0n) is 8.81. The fraction of sp³-hybridized carbons (Fsp3) is 0.455. The third kappa shape index (κ3) is 2.15. The van der Waals surface area contributed by atoms with Gasteiger partial charge in [0.05, 0.1) is 6.04 Å². The Hall–Kier alpha value is -1.42. The van der Waals surface area contributed by atoms with Gasteiger partial charge in [0, 0.05) is 25.8 Å². The standard InChI is InChI=1S/C11H15N3O/c1-9-2-3-13-11(6-9)14-5-4-12-7-10(14)8-15/h2-3,6,8,10,12H,4-5,7H2,1H3. The molecule has 80 valence electrons. The fourth-order valence-electron chi connectivity index (χ4n) is 1.81. The smallest absolute Gasteiger partial charge is 0.143 e. The summed E-state index contributed by atoms with van der Waals surface area (Å²) >= 11 is 0. The van der Waals surface area contributed by atoms with Crippen molar-refractivity contribution in [2.75, 3.05) is 24.5 Å². The maximum absolute atomic E-state index is 10.9. The van der Waals surface area contributed by atoms with Crippen LogP contribution in [0.4, 0.5) is 5.82 Å². The van der Waals surface area contributed by atoms with Crippen molar-refractivity contribution in [3.05, 3.63) is 23.9 Å². The Bertz CT molecular complexity index is 353. The van der Waals surface area contributed by atoms with Crippen LogP contribution >= 0.6 is 0 Å². The minimum Gasteiger partial charge on any atom is -0.344 e. The lowest BCUT2D eigenvalue weighted by molar-refractivity contribution is -0.109. The molecule has 0 saturated carbocycles. The molecule has 1 aliphatic rings. The van der Waals surface area contributed by atoms with Gasteiger partial charge in [-0.3, -0.25) is 0 Å². The van der Waals surface area contributed by atoms with Gasteiger partial charge in [-0.15, -0.1) is 0 Å². The Balaban J connectivity index is 2.23. The molecule has 0 aromatic carbocycles. The Labute approximate surface area is 89.3 Å². The Morgan fingerprint density at radius 3 is 3.27 bits per heavy atom. The van der Waals surface area contributed by atoms with Gasteiger partial charge in [-0.1, -0.05) is 0 Å². The van der Waals surface area contributed by atoms with Crippen LogP contribution in [0, 0.1) is 6.92 Å². The average molecular weight is 205 g/mol. The van der Waals surface area contributed by atoms with Crippen molar-refractivity contribution in [1.29, 1.82) is 0 Å². The Morgan fingerprint density at radius 2 is 2.53 bits per heavy atom. The topological polar surface area (TPSA) is 45.2 Å². The van der Waals surface area contributed by atoms with E-state index in [1.165, 1.54) is 5.56 Å². The van der Waals surface area contributed by atoms with Crippen LogP contribution in [0.15, 0.2) is 18.3 Å². The van der Waals surface area contributed by atoms with Crippen molar-refractivity contribution >= 4 is 12.1 Å². The van der Waals surface area contributed by atoms with Crippen LogP contribution in [0.2, 0.25) is 0 Å². The molecule has 1 saturated heterocycles. The highest BCUT2D eigenvalue weighted by Crippen LogP contribution is 2.15. The van der Waals surface area contributed by atoms with Crippen LogP contribution in [-0.4, -0.2) is 36.9 Å². The molecule has 2 heterocycles. The first kappa shape index (κ1) is 10.1. The van der Waals surface area contributed by atoms with Gasteiger partial charge in [-0.2, -0.15) is 0 Å². The zero-order chi connectivity index (χ0) is 10.7. The predicted molar refractivity (Wildman–Crippen MR) is 59.0 cm³/mol. The molecule has 1 atom stereocenters. The number of aldehydes is 1. The van der Waals surface area contributed by atoms with E-state index in [0.29, 0.717) is 6.54 Å². The molecular formula is C11H15N3O. The molecule has 15 heavy (non-hydrogen) atoms. The molecule has 2 rings (SSSR count). The average Bonchev–Trinajstić information content (AvgIpc) is 2.29. The summed E-state index contributed by atoms with van der Waals surface area (Å²) in [6.45, 7) is 4.47. The summed E-state index contributed by atoms with van der Waals surface area (Å²) in [6, 6.07) is 3.89. The summed E-state index contributed by atoms with van der Waals surface area (Å²) in [5.41, 5.74) is 1.17. The quantitative estimate of drug-likeness (QED) is 0.708. The highest BCUT2D eigenvalue weighted by Gasteiger charge is 2.22. The summed E-state index contributed by atoms with van der Waals surface area (Å²) in [7, 11) is 0. The van der Waals surface area contributed by atoms with Crippen molar-refractivity contribution in [1.82, 2.24) is 10.3 Å². The van der Waals surface area contributed by atoms with Crippen LogP contribution in [0.3, 0.4) is 0 Å². The molecule has 4 heteroatoms. The minimum atomic E-state index is -0.0898. The molecule has 1 fully saturated rings. The van der Waals surface area contributed by atoms with Crippen LogP contribution in [-0.2, 0) is 4.79 Å². The van der Waals surface area contributed by atoms with E-state index in [0.717, 1.165) is 25.2 Å². The number of carbonyl (C=O) groups excluding carboxylic acids is 1. The number of pyridine rings is 1. The van der Waals surface area contributed by atoms with Gasteiger partial charge in [-0.25, -0.2) is 4.98 Å². The van der Waals surface area contributed by atoms with E-state index in [9.17, 15) is 4.79 Å². The van der Waals surface area contributed by atoms with Gasteiger partial charge in [0.2, 0.25) is 0 Å². The number of nitrogens with one attached hydrogen (secondary N) is 1. The van der Waals surface area contributed by atoms with Gasteiger partial charge < -0.3 is 15.0 Å². The van der Waals surface area contributed by atoms with Crippen LogP contribution in [0.25, 0.3) is 0 Å². The number of carbonyl (C=O) groups is 1. The molecule has 1 aromatic heterocycles. The largest absolute Gasteiger partial charge is 0.344 e. The third-order valence-electron chi connectivity index (χ3n) is 2.64. The van der Waals surface area contributed by atoms with Gasteiger partial charge in [0.1, 0.15) is 12.1 Å². The Morgan fingerprint density at radius 1 is 1.67 bits per heavy atom. The van der Waals surface area contributed by atoms with E-state index in [2.05, 4.69) is 15.2 Å². The number of rotatable bonds is 2. The first-order valence-electron chi connectivity index (χ1n) is 5.16. The lowest BCUT2D eigenvalue weighted by Gasteiger charge is -2.33. The molecule has 1 aliphatic heterocycles. The second kappa shape index (κ2) is 4.40. The van der Waals surface area contributed by atoms with E-state index in [1.807, 2.05) is 19.1 Å². The summed E-state index contributed by atoms with van der Waals surface area (Å²) in [6.07, 6.45) is 2.77. The van der Waals surface area contributed by atoms with Gasteiger partial charge in [-0.05, 0) is 24.6 Å². The molecule has 0 radical (unpaired) electrons. The van der Waals surface area contributed by atoms with Crippen molar-refractivity contribution < 1.29 is 4.79 Å². The lowest BCUT2D eigenvalue weighted by atomic mass is 10.2. The SMILES string of the molecule is Cc1ccnc(N2CCNCC2C=O)c1. The van der Waals surface area contributed by atoms with Crippen LogP contribution < -0.4 is 10.2 Å². The van der Waals surface area contributed by atoms with Crippen molar-refractivity contribution in [2.24, 2.45) is 0 Å². The van der Waals surface area contributed by atoms with E-state index < -0.39 is 0 Å². The number of hydrogen-bond donors (Lipinski definition) is 1. The van der Waals surface area contributed by atoms with Gasteiger partial charge >= 0.3 is 0 Å². The van der Waals surface area contributed by atoms with Crippen LogP contribution in [0.1, 0.15) is 5.56 Å². The number of aryl methyl sites for hydroxylation is 1. The van der Waals surface area contributed by atoms with Crippen molar-refractivity contribution in [3.63, 3.8) is 0 Å². The monoisotopic (exact) mass is 205 g/mol. The van der Waals surface area contributed by atoms with Gasteiger partial charge in [0.15, 0.2) is 0 Å². The minimum absolute atomic E-state index is 0.0898. The highest BCUT2D eigenvalue weighted by molar-refractivity contribution is 5.65. The van der Waals surface area contributed by atoms with E-state index in [-0.39, 0.29) is 6.04 Å². The normalized spacial score (nSPS) is 21.4. The molecule has 0 aliphatic carbocycles. The van der Waals surface area contributed by atoms with Crippen molar-refractivity contribution in [3.8, 4) is 0 Å². The molecule has 4 nitrogen and oxygen atoms in total. The first-order valence-corrected chi connectivity index (χ1v) is 5.16. The molecular weight excluding hydrogens is 190 g/mol. The second-order valence-electron chi connectivity index (χ2n) is 3.79. The lowest BCUT2D eigenvalue weighted by Crippen LogP contribution is -2.52. The number of hydrogen-bond acceptors (Lipinski definition) is 4. The van der Waals surface area contributed by atoms with E-state index in [4.69, 9.17) is 0 Å². The Kier molecular flexibility index (Phi) is 2.97. The third-order valence-corrected chi connectivity index (χ3v) is 2.64. The van der Waals surface area contributed by atoms with Crippen LogP contribution in [0.5, 0.6) is 0 Å². The number of piperazine rings is 1. The predicted octanol–water partition coefficient (Wildman–Crippen LogP) is 0.367. The second-order valence-corrected chi connectivity index (χ2v) is 3.79. The summed E-state index contributed by atoms with van der Waals surface area (Å²) < 4.78 is 0. The molecule has 0 bridgehead atoms. The number of nitrogens with zero attached hydrogens (tertiary/aromatic N) is 2. The van der Waals surface area contributed by atoms with E-state index >= 15 is 0 Å². The maximum atomic E-state index is 10.9. The zero-order valence-corrected chi connectivity index (χ0v) is 8.81. The molecule has 0 spiro atoms. The molecule has 1 aromatic rings. The molecule has 1 unspecified atom stereocenters. The number of anilines is 1. The number of aromatic nitrogens is 1. The molecule has 1 N–H and O–H groups in total. The maximum Gasteiger partial charge on any atom is 0.143 e. The summed E-state index contributed by atoms with van der Waals surface area (Å²) in [4.78, 5) is 17.3. The van der Waals surface area contributed by atoms with Crippen molar-refractivity contribution in [2.45, 2.75) is 13.0 Å². The molecule has 0 amide bonds. The summed E-state index contributed by atoms with van der Waals surface area (Å²) in [5, 5.41) is 3.20. The van der Waals surface area contributed by atoms with Gasteiger partial charge in [0.25, 0.3) is 0 Å². The van der Waals surface area contributed by atoms with E-state index in [1.54, 1.807) is 6.20 Å². The highest BCUT2D eigenvalue weighted by atomic mass is 16.1. The fourth-order valence-corrected chi connectivity index (χ4v) is 1.81. The summed E-state index contributed by atoms with van der Waals surface area (Å²) in [5.74, 6) is 0.897.